The number of aromatic nitrogens is 6. The highest BCUT2D eigenvalue weighted by atomic mass is 35.5. The average molecular weight is 481 g/mol. The molecule has 0 saturated heterocycles. The topological polar surface area (TPSA) is 78.5 Å². The Balaban J connectivity index is 1.73. The molecule has 0 aliphatic carbocycles. The normalized spacial score (nSPS) is 12.1. The monoisotopic (exact) mass is 480 g/mol. The van der Waals surface area contributed by atoms with E-state index in [4.69, 9.17) is 11.6 Å². The zero-order chi connectivity index (χ0) is 23.0. The van der Waals surface area contributed by atoms with Gasteiger partial charge in [-0.25, -0.2) is 4.98 Å². The van der Waals surface area contributed by atoms with Gasteiger partial charge in [0.2, 0.25) is 0 Å². The van der Waals surface area contributed by atoms with Crippen molar-refractivity contribution in [2.24, 2.45) is 0 Å². The van der Waals surface area contributed by atoms with E-state index in [0.29, 0.717) is 16.1 Å². The number of thioether (sulfide) groups is 1. The molecule has 2 heterocycles. The summed E-state index contributed by atoms with van der Waals surface area (Å²) in [6, 6.07) is 10.2. The van der Waals surface area contributed by atoms with Gasteiger partial charge >= 0.3 is 6.18 Å². The minimum atomic E-state index is -4.64. The third-order valence-electron chi connectivity index (χ3n) is 4.65. The molecule has 0 saturated carbocycles. The van der Waals surface area contributed by atoms with E-state index in [9.17, 15) is 18.0 Å². The van der Waals surface area contributed by atoms with Crippen LogP contribution in [0.3, 0.4) is 0 Å². The molecule has 4 aromatic rings. The van der Waals surface area contributed by atoms with Crippen molar-refractivity contribution in [3.05, 3.63) is 69.2 Å². The van der Waals surface area contributed by atoms with Gasteiger partial charge in [-0.1, -0.05) is 35.5 Å². The number of nitrogens with zero attached hydrogens (tertiary/aromatic N) is 6. The lowest BCUT2D eigenvalue weighted by Crippen LogP contribution is -2.25. The summed E-state index contributed by atoms with van der Waals surface area (Å²) in [5.41, 5.74) is -0.847. The second-order valence-corrected chi connectivity index (χ2v) is 8.51. The fourth-order valence-corrected chi connectivity index (χ4v) is 4.42. The molecule has 7 nitrogen and oxygen atoms in total. The number of tetrazole rings is 1. The maximum atomic E-state index is 13.5. The van der Waals surface area contributed by atoms with E-state index in [1.54, 1.807) is 28.8 Å². The van der Waals surface area contributed by atoms with Crippen LogP contribution in [0.1, 0.15) is 31.3 Å². The first kappa shape index (κ1) is 22.3. The van der Waals surface area contributed by atoms with Gasteiger partial charge in [0, 0.05) is 11.1 Å². The Hall–Kier alpha value is -2.92. The Bertz CT molecular complexity index is 1350. The van der Waals surface area contributed by atoms with Crippen molar-refractivity contribution in [1.29, 1.82) is 0 Å². The smallest absolute Gasteiger partial charge is 0.285 e. The van der Waals surface area contributed by atoms with Gasteiger partial charge in [0.1, 0.15) is 0 Å². The second-order valence-electron chi connectivity index (χ2n) is 7.14. The lowest BCUT2D eigenvalue weighted by Gasteiger charge is -2.16. The van der Waals surface area contributed by atoms with Crippen molar-refractivity contribution in [3.63, 3.8) is 0 Å². The summed E-state index contributed by atoms with van der Waals surface area (Å²) in [4.78, 5) is 17.5. The van der Waals surface area contributed by atoms with Gasteiger partial charge in [-0.2, -0.15) is 17.9 Å². The summed E-state index contributed by atoms with van der Waals surface area (Å²) in [6.07, 6.45) is -4.64. The van der Waals surface area contributed by atoms with Crippen LogP contribution < -0.4 is 5.56 Å². The van der Waals surface area contributed by atoms with E-state index in [0.717, 1.165) is 10.7 Å². The van der Waals surface area contributed by atoms with Crippen LogP contribution in [-0.4, -0.2) is 29.8 Å². The molecule has 166 valence electrons. The molecular formula is C20H16ClF3N6OS. The van der Waals surface area contributed by atoms with Crippen molar-refractivity contribution in [2.75, 3.05) is 0 Å². The molecule has 0 N–H and O–H groups in total. The number of alkyl halides is 3. The molecule has 0 unspecified atom stereocenters. The van der Waals surface area contributed by atoms with Crippen LogP contribution >= 0.6 is 23.4 Å². The third kappa shape index (κ3) is 4.22. The van der Waals surface area contributed by atoms with Crippen LogP contribution in [0.4, 0.5) is 13.2 Å². The highest BCUT2D eigenvalue weighted by Gasteiger charge is 2.35. The van der Waals surface area contributed by atoms with Crippen molar-refractivity contribution < 1.29 is 13.2 Å². The van der Waals surface area contributed by atoms with Crippen molar-refractivity contribution in [3.8, 4) is 5.69 Å². The minimum Gasteiger partial charge on any atom is -0.285 e. The number of fused-ring (bicyclic) bond motifs is 1. The molecule has 0 atom stereocenters. The van der Waals surface area contributed by atoms with Crippen LogP contribution in [0.15, 0.2) is 52.4 Å². The van der Waals surface area contributed by atoms with Crippen LogP contribution in [0.5, 0.6) is 0 Å². The predicted molar refractivity (Wildman–Crippen MR) is 115 cm³/mol. The summed E-state index contributed by atoms with van der Waals surface area (Å²) in [5, 5.41) is 12.0. The Labute approximate surface area is 189 Å². The van der Waals surface area contributed by atoms with E-state index in [1.807, 2.05) is 13.8 Å². The average Bonchev–Trinajstić information content (AvgIpc) is 3.20. The van der Waals surface area contributed by atoms with Crippen LogP contribution in [0.2, 0.25) is 5.02 Å². The van der Waals surface area contributed by atoms with Gasteiger partial charge in [-0.15, -0.1) is 5.10 Å². The van der Waals surface area contributed by atoms with Crippen molar-refractivity contribution >= 4 is 34.3 Å². The predicted octanol–water partition coefficient (Wildman–Crippen LogP) is 4.92. The lowest BCUT2D eigenvalue weighted by molar-refractivity contribution is -0.137. The quantitative estimate of drug-likeness (QED) is 0.298. The molecule has 0 aliphatic rings. The van der Waals surface area contributed by atoms with Gasteiger partial charge in [0.25, 0.3) is 5.56 Å². The molecule has 12 heteroatoms. The minimum absolute atomic E-state index is 0.0496. The third-order valence-corrected chi connectivity index (χ3v) is 5.83. The first-order chi connectivity index (χ1) is 15.2. The highest BCUT2D eigenvalue weighted by molar-refractivity contribution is 7.98. The largest absolute Gasteiger partial charge is 0.418 e. The van der Waals surface area contributed by atoms with Gasteiger partial charge in [-0.05, 0) is 54.6 Å². The summed E-state index contributed by atoms with van der Waals surface area (Å²) in [7, 11) is 0. The Morgan fingerprint density at radius 3 is 2.62 bits per heavy atom. The first-order valence-electron chi connectivity index (χ1n) is 9.45. The summed E-state index contributed by atoms with van der Waals surface area (Å²) < 4.78 is 43.2. The zero-order valence-corrected chi connectivity index (χ0v) is 18.4. The van der Waals surface area contributed by atoms with Gasteiger partial charge in [-0.3, -0.25) is 9.36 Å². The molecule has 4 rings (SSSR count). The molecule has 0 fully saturated rings. The Kier molecular flexibility index (Phi) is 5.95. The van der Waals surface area contributed by atoms with E-state index >= 15 is 0 Å². The molecular weight excluding hydrogens is 465 g/mol. The molecule has 32 heavy (non-hydrogen) atoms. The number of hydrogen-bond donors (Lipinski definition) is 0. The number of hydrogen-bond acceptors (Lipinski definition) is 6. The molecule has 0 aliphatic heterocycles. The number of rotatable bonds is 5. The second kappa shape index (κ2) is 8.55. The SMILES string of the molecule is CC(C)n1c(SCc2nnnn2-c2ccc(Cl)cc2C(F)(F)F)nc2ccccc2c1=O. The van der Waals surface area contributed by atoms with Gasteiger partial charge in [0.15, 0.2) is 11.0 Å². The van der Waals surface area contributed by atoms with Gasteiger partial charge in [0.05, 0.1) is 27.9 Å². The van der Waals surface area contributed by atoms with Gasteiger partial charge < -0.3 is 0 Å². The summed E-state index contributed by atoms with van der Waals surface area (Å²) in [6.45, 7) is 3.71. The highest BCUT2D eigenvalue weighted by Crippen LogP contribution is 2.36. The molecule has 0 spiro atoms. The van der Waals surface area contributed by atoms with E-state index in [2.05, 4.69) is 20.5 Å². The fraction of sp³-hybridized carbons (Fsp3) is 0.250. The standard InChI is InChI=1S/C20H16ClF3N6OS/c1-11(2)29-18(31)13-5-3-4-6-15(13)25-19(29)32-10-17-26-27-28-30(17)16-8-7-12(21)9-14(16)20(22,23)24/h3-9,11H,10H2,1-2H3. The Morgan fingerprint density at radius 1 is 1.16 bits per heavy atom. The zero-order valence-electron chi connectivity index (χ0n) is 16.8. The van der Waals surface area contributed by atoms with E-state index in [1.165, 1.54) is 23.9 Å². The maximum Gasteiger partial charge on any atom is 0.418 e. The van der Waals surface area contributed by atoms with Crippen molar-refractivity contribution in [2.45, 2.75) is 37.0 Å². The number of benzene rings is 2. The molecule has 0 radical (unpaired) electrons. The number of para-hydroxylation sites is 1. The maximum absolute atomic E-state index is 13.5. The van der Waals surface area contributed by atoms with E-state index < -0.39 is 11.7 Å². The van der Waals surface area contributed by atoms with Crippen LogP contribution in [0, 0.1) is 0 Å². The first-order valence-corrected chi connectivity index (χ1v) is 10.8. The van der Waals surface area contributed by atoms with E-state index in [-0.39, 0.29) is 33.9 Å². The fourth-order valence-electron chi connectivity index (χ4n) is 3.21. The molecule has 0 amide bonds. The molecule has 0 bridgehead atoms. The summed E-state index contributed by atoms with van der Waals surface area (Å²) in [5.74, 6) is 0.255. The molecule has 2 aromatic heterocycles. The lowest BCUT2D eigenvalue weighted by atomic mass is 10.1. The summed E-state index contributed by atoms with van der Waals surface area (Å²) >= 11 is 6.94. The van der Waals surface area contributed by atoms with Crippen LogP contribution in [-0.2, 0) is 11.9 Å². The number of halogens is 4. The molecule has 2 aromatic carbocycles. The van der Waals surface area contributed by atoms with Crippen LogP contribution in [0.25, 0.3) is 16.6 Å². The Morgan fingerprint density at radius 2 is 1.91 bits per heavy atom. The van der Waals surface area contributed by atoms with Crippen molar-refractivity contribution in [1.82, 2.24) is 29.8 Å².